The molecular formula is H6LiOPSi. The van der Waals surface area contributed by atoms with E-state index in [1.54, 1.807) is 0 Å². The summed E-state index contributed by atoms with van der Waals surface area (Å²) >= 11 is 0. The molecule has 0 heterocycles. The fourth-order valence-corrected chi connectivity index (χ4v) is 0. The third kappa shape index (κ3) is 10.7. The summed E-state index contributed by atoms with van der Waals surface area (Å²) in [5.41, 5.74) is 0. The maximum Gasteiger partial charge on any atom is 1.00 e. The van der Waals surface area contributed by atoms with Gasteiger partial charge in [-0.05, 0) is 8.36 Å². The molecule has 0 aliphatic rings. The number of rotatable bonds is 0. The Bertz CT molecular complexity index is 11.6. The molecule has 0 aromatic carbocycles. The van der Waals surface area contributed by atoms with E-state index < -0.39 is 0 Å². The quantitative estimate of drug-likeness (QED) is 0.236. The Kier molecular flexibility index (Phi) is 19.9. The zero-order valence-corrected chi connectivity index (χ0v) is 5.95. The SMILES string of the molecule is OP[SiH3].[H-].[Li+]. The van der Waals surface area contributed by atoms with E-state index in [2.05, 4.69) is 0 Å². The second kappa shape index (κ2) is 8.88. The molecule has 0 bridgehead atoms. The van der Waals surface area contributed by atoms with E-state index in [4.69, 9.17) is 4.89 Å². The monoisotopic (exact) mass is 88.0 g/mol. The van der Waals surface area contributed by atoms with Gasteiger partial charge in [-0.25, -0.2) is 0 Å². The minimum Gasteiger partial charge on any atom is -1.00 e. The van der Waals surface area contributed by atoms with Crippen molar-refractivity contribution in [3.63, 3.8) is 0 Å². The second-order valence-corrected chi connectivity index (χ2v) is 2.01. The van der Waals surface area contributed by atoms with Crippen LogP contribution in [-0.4, -0.2) is 14.8 Å². The van der Waals surface area contributed by atoms with Gasteiger partial charge in [-0.1, -0.05) is 0 Å². The van der Waals surface area contributed by atoms with Crippen molar-refractivity contribution in [1.82, 2.24) is 0 Å². The summed E-state index contributed by atoms with van der Waals surface area (Å²) in [6.07, 6.45) is 0. The summed E-state index contributed by atoms with van der Waals surface area (Å²) in [4.78, 5) is 7.66. The molecule has 4 heteroatoms. The maximum atomic E-state index is 7.66. The Labute approximate surface area is 44.0 Å². The molecule has 0 saturated heterocycles. The fraction of sp³-hybridized carbons (Fsp3) is 0. The molecule has 0 aromatic rings. The molecule has 0 aliphatic heterocycles. The summed E-state index contributed by atoms with van der Waals surface area (Å²) < 4.78 is 0. The van der Waals surface area contributed by atoms with Crippen LogP contribution >= 0.6 is 8.36 Å². The maximum absolute atomic E-state index is 7.66. The molecule has 0 amide bonds. The van der Waals surface area contributed by atoms with Gasteiger partial charge in [0.05, 0.1) is 9.91 Å². The molecule has 1 unspecified atom stereocenters. The van der Waals surface area contributed by atoms with Crippen LogP contribution in [0.1, 0.15) is 1.43 Å². The molecule has 0 rings (SSSR count). The van der Waals surface area contributed by atoms with Crippen LogP contribution in [0.3, 0.4) is 0 Å². The first-order chi connectivity index (χ1) is 1.41. The molecule has 4 heavy (non-hydrogen) atoms. The van der Waals surface area contributed by atoms with E-state index >= 15 is 0 Å². The smallest absolute Gasteiger partial charge is 1.00 e. The van der Waals surface area contributed by atoms with E-state index in [9.17, 15) is 0 Å². The van der Waals surface area contributed by atoms with Gasteiger partial charge in [0.1, 0.15) is 0 Å². The summed E-state index contributed by atoms with van der Waals surface area (Å²) in [6.45, 7) is 0. The Balaban J connectivity index is -0.0000000200. The molecule has 1 atom stereocenters. The van der Waals surface area contributed by atoms with Crippen LogP contribution < -0.4 is 18.9 Å². The van der Waals surface area contributed by atoms with Gasteiger partial charge in [0.2, 0.25) is 0 Å². The van der Waals surface area contributed by atoms with Gasteiger partial charge >= 0.3 is 18.9 Å². The third-order valence-electron chi connectivity index (χ3n) is 0. The Morgan fingerprint density at radius 2 is 2.00 bits per heavy atom. The van der Waals surface area contributed by atoms with Gasteiger partial charge in [-0.2, -0.15) is 0 Å². The molecule has 0 aromatic heterocycles. The van der Waals surface area contributed by atoms with Gasteiger partial charge < -0.3 is 6.32 Å². The molecule has 0 fully saturated rings. The average Bonchev–Trinajstić information content (AvgIpc) is 0.918. The first-order valence-corrected chi connectivity index (χ1v) is 5.17. The molecule has 1 nitrogen and oxygen atoms in total. The summed E-state index contributed by atoms with van der Waals surface area (Å²) in [6, 6.07) is 0. The molecular weight excluding hydrogens is 82.0 g/mol. The fourth-order valence-electron chi connectivity index (χ4n) is 0. The van der Waals surface area contributed by atoms with Gasteiger partial charge in [0, 0.05) is 0 Å². The normalized spacial score (nSPS) is 8.25. The average molecular weight is 88.0 g/mol. The minimum atomic E-state index is 0. The van der Waals surface area contributed by atoms with Crippen LogP contribution in [0, 0.1) is 0 Å². The van der Waals surface area contributed by atoms with Gasteiger partial charge in [0.25, 0.3) is 0 Å². The second-order valence-electron chi connectivity index (χ2n) is 0.224. The van der Waals surface area contributed by atoms with Crippen molar-refractivity contribution in [3.05, 3.63) is 0 Å². The van der Waals surface area contributed by atoms with Gasteiger partial charge in [-0.3, -0.25) is 0 Å². The van der Waals surface area contributed by atoms with E-state index in [0.29, 0.717) is 0 Å². The first-order valence-electron chi connectivity index (χ1n) is 0.724. The molecule has 0 aliphatic carbocycles. The Morgan fingerprint density at radius 1 is 2.00 bits per heavy atom. The minimum absolute atomic E-state index is 0. The predicted molar refractivity (Wildman–Crippen MR) is 21.6 cm³/mol. The summed E-state index contributed by atoms with van der Waals surface area (Å²) in [5.74, 6) is 0. The van der Waals surface area contributed by atoms with Gasteiger partial charge in [-0.15, -0.1) is 0 Å². The number of hydrogen-bond acceptors (Lipinski definition) is 1. The van der Waals surface area contributed by atoms with Crippen molar-refractivity contribution < 1.29 is 25.2 Å². The van der Waals surface area contributed by atoms with Gasteiger partial charge in [0.15, 0.2) is 0 Å². The van der Waals surface area contributed by atoms with E-state index in [1.165, 1.54) is 0 Å². The molecule has 22 valence electrons. The first kappa shape index (κ1) is 8.96. The standard InChI is InChI=1S/Li.H5OPSi.H/c;1-2-3;/h;1-2H,3H3;/q+1;;-1. The summed E-state index contributed by atoms with van der Waals surface area (Å²) in [5, 5.41) is 0. The van der Waals surface area contributed by atoms with Crippen LogP contribution in [0.15, 0.2) is 0 Å². The van der Waals surface area contributed by atoms with Crippen molar-refractivity contribution in [3.8, 4) is 0 Å². The van der Waals surface area contributed by atoms with Crippen LogP contribution in [0.4, 0.5) is 0 Å². The van der Waals surface area contributed by atoms with E-state index in [1.807, 2.05) is 0 Å². The van der Waals surface area contributed by atoms with Crippen molar-refractivity contribution in [2.45, 2.75) is 0 Å². The van der Waals surface area contributed by atoms with Crippen molar-refractivity contribution in [2.24, 2.45) is 0 Å². The largest absolute Gasteiger partial charge is 1.00 e. The predicted octanol–water partition coefficient (Wildman–Crippen LogP) is -4.03. The van der Waals surface area contributed by atoms with Crippen molar-refractivity contribution >= 4 is 18.3 Å². The van der Waals surface area contributed by atoms with Crippen LogP contribution in [-0.2, 0) is 0 Å². The van der Waals surface area contributed by atoms with Crippen molar-refractivity contribution in [1.29, 1.82) is 0 Å². The zero-order chi connectivity index (χ0) is 2.71. The molecule has 0 spiro atoms. The Morgan fingerprint density at radius 3 is 2.00 bits per heavy atom. The van der Waals surface area contributed by atoms with E-state index in [-0.39, 0.29) is 28.6 Å². The number of hydrogen-bond donors (Lipinski definition) is 1. The van der Waals surface area contributed by atoms with E-state index in [0.717, 1.165) is 9.91 Å². The Hall–Kier alpha value is 1.20. The van der Waals surface area contributed by atoms with Crippen LogP contribution in [0.25, 0.3) is 0 Å². The van der Waals surface area contributed by atoms with Crippen molar-refractivity contribution in [2.75, 3.05) is 0 Å². The molecule has 1 N–H and O–H groups in total. The van der Waals surface area contributed by atoms with Crippen LogP contribution in [0.5, 0.6) is 0 Å². The third-order valence-corrected chi connectivity index (χ3v) is 0. The van der Waals surface area contributed by atoms with Crippen LogP contribution in [0.2, 0.25) is 0 Å². The summed E-state index contributed by atoms with van der Waals surface area (Å²) in [7, 11) is 1.17. The molecule has 0 saturated carbocycles. The zero-order valence-electron chi connectivity index (χ0n) is 3.95. The molecule has 0 radical (unpaired) electrons. The topological polar surface area (TPSA) is 20.2 Å².